The van der Waals surface area contributed by atoms with Crippen molar-refractivity contribution in [3.63, 3.8) is 0 Å². The average Bonchev–Trinajstić information content (AvgIpc) is 3.36. The number of nitrogens with one attached hydrogen (secondary N) is 1. The minimum absolute atomic E-state index is 0.116. The fourth-order valence-electron chi connectivity index (χ4n) is 3.14. The van der Waals surface area contributed by atoms with Crippen LogP contribution in [0.25, 0.3) is 0 Å². The molecular weight excluding hydrogens is 290 g/mol. The van der Waals surface area contributed by atoms with Crippen molar-refractivity contribution in [3.8, 4) is 6.07 Å². The molecule has 0 radical (unpaired) electrons. The second-order valence-corrected chi connectivity index (χ2v) is 6.60. The highest BCUT2D eigenvalue weighted by atomic mass is 16.2. The van der Waals surface area contributed by atoms with Gasteiger partial charge >= 0.3 is 0 Å². The monoisotopic (exact) mass is 311 g/mol. The maximum atomic E-state index is 12.5. The van der Waals surface area contributed by atoms with Crippen molar-refractivity contribution in [1.29, 1.82) is 5.26 Å². The molecule has 0 aromatic heterocycles. The van der Waals surface area contributed by atoms with Crippen LogP contribution in [0.2, 0.25) is 0 Å². The highest BCUT2D eigenvalue weighted by Crippen LogP contribution is 2.41. The largest absolute Gasteiger partial charge is 0.342 e. The van der Waals surface area contributed by atoms with E-state index in [1.54, 1.807) is 24.3 Å². The molecule has 2 atom stereocenters. The molecule has 2 amide bonds. The summed E-state index contributed by atoms with van der Waals surface area (Å²) in [5, 5.41) is 11.8. The van der Waals surface area contributed by atoms with E-state index in [0.29, 0.717) is 23.6 Å². The number of carbonyl (C=O) groups is 2. The number of likely N-dealkylation sites (tertiary alicyclic amines) is 1. The van der Waals surface area contributed by atoms with E-state index < -0.39 is 0 Å². The van der Waals surface area contributed by atoms with Crippen LogP contribution in [0.3, 0.4) is 0 Å². The molecule has 5 nitrogen and oxygen atoms in total. The summed E-state index contributed by atoms with van der Waals surface area (Å²) in [5.41, 5.74) is 0.958. The number of benzene rings is 1. The van der Waals surface area contributed by atoms with Crippen LogP contribution >= 0.6 is 0 Å². The lowest BCUT2D eigenvalue weighted by Crippen LogP contribution is -2.39. The third-order valence-corrected chi connectivity index (χ3v) is 4.85. The van der Waals surface area contributed by atoms with Gasteiger partial charge < -0.3 is 10.2 Å². The van der Waals surface area contributed by atoms with Crippen LogP contribution in [0.4, 0.5) is 5.69 Å². The summed E-state index contributed by atoms with van der Waals surface area (Å²) in [4.78, 5) is 26.7. The third-order valence-electron chi connectivity index (χ3n) is 4.85. The number of nitrogens with zero attached hydrogens (tertiary/aromatic N) is 2. The minimum Gasteiger partial charge on any atom is -0.342 e. The van der Waals surface area contributed by atoms with Gasteiger partial charge in [0.05, 0.1) is 23.1 Å². The van der Waals surface area contributed by atoms with E-state index in [2.05, 4.69) is 18.3 Å². The Bertz CT molecular complexity index is 656. The summed E-state index contributed by atoms with van der Waals surface area (Å²) >= 11 is 0. The molecule has 120 valence electrons. The van der Waals surface area contributed by atoms with Gasteiger partial charge in [0.2, 0.25) is 11.8 Å². The number of anilines is 1. The van der Waals surface area contributed by atoms with Gasteiger partial charge in [0, 0.05) is 13.1 Å². The molecule has 1 heterocycles. The molecule has 3 rings (SSSR count). The van der Waals surface area contributed by atoms with Crippen molar-refractivity contribution in [2.24, 2.45) is 17.8 Å². The van der Waals surface area contributed by atoms with E-state index in [9.17, 15) is 9.59 Å². The first-order valence-corrected chi connectivity index (χ1v) is 8.19. The summed E-state index contributed by atoms with van der Waals surface area (Å²) < 4.78 is 0. The molecule has 2 fully saturated rings. The molecule has 23 heavy (non-hydrogen) atoms. The van der Waals surface area contributed by atoms with E-state index in [-0.39, 0.29) is 23.7 Å². The zero-order valence-electron chi connectivity index (χ0n) is 13.3. The van der Waals surface area contributed by atoms with Crippen molar-refractivity contribution >= 4 is 17.5 Å². The summed E-state index contributed by atoms with van der Waals surface area (Å²) in [6.07, 6.45) is 2.71. The standard InChI is InChI=1S/C18H21N3O2/c1-12-6-8-21(9-7-12)18(23)15-10-14(15)17(22)20-16-5-3-2-4-13(16)11-19/h2-5,12,14-15H,6-10H2,1H3,(H,20,22). The topological polar surface area (TPSA) is 73.2 Å². The van der Waals surface area contributed by atoms with Gasteiger partial charge in [-0.15, -0.1) is 0 Å². The molecule has 1 aliphatic carbocycles. The highest BCUT2D eigenvalue weighted by Gasteiger charge is 2.49. The first-order chi connectivity index (χ1) is 11.1. The zero-order chi connectivity index (χ0) is 16.4. The van der Waals surface area contributed by atoms with Crippen LogP contribution in [0.5, 0.6) is 0 Å². The second-order valence-electron chi connectivity index (χ2n) is 6.60. The number of carbonyl (C=O) groups excluding carboxylic acids is 2. The van der Waals surface area contributed by atoms with E-state index in [1.807, 2.05) is 4.90 Å². The Balaban J connectivity index is 1.57. The molecule has 1 saturated carbocycles. The molecule has 0 bridgehead atoms. The second kappa shape index (κ2) is 6.41. The molecule has 1 saturated heterocycles. The van der Waals surface area contributed by atoms with E-state index in [4.69, 9.17) is 5.26 Å². The van der Waals surface area contributed by atoms with Gasteiger partial charge in [0.1, 0.15) is 6.07 Å². The Morgan fingerprint density at radius 2 is 1.91 bits per heavy atom. The summed E-state index contributed by atoms with van der Waals surface area (Å²) in [7, 11) is 0. The van der Waals surface area contributed by atoms with Gasteiger partial charge in [-0.3, -0.25) is 9.59 Å². The van der Waals surface area contributed by atoms with Crippen molar-refractivity contribution in [3.05, 3.63) is 29.8 Å². The lowest BCUT2D eigenvalue weighted by Gasteiger charge is -2.30. The quantitative estimate of drug-likeness (QED) is 0.931. The van der Waals surface area contributed by atoms with Crippen molar-refractivity contribution in [1.82, 2.24) is 4.90 Å². The first-order valence-electron chi connectivity index (χ1n) is 8.19. The van der Waals surface area contributed by atoms with Crippen LogP contribution in [-0.4, -0.2) is 29.8 Å². The Morgan fingerprint density at radius 3 is 2.61 bits per heavy atom. The maximum absolute atomic E-state index is 12.5. The van der Waals surface area contributed by atoms with Crippen molar-refractivity contribution in [2.45, 2.75) is 26.2 Å². The van der Waals surface area contributed by atoms with Gasteiger partial charge in [-0.25, -0.2) is 0 Å². The molecule has 5 heteroatoms. The molecule has 2 aliphatic rings. The minimum atomic E-state index is -0.256. The molecule has 2 unspecified atom stereocenters. The highest BCUT2D eigenvalue weighted by molar-refractivity contribution is 6.00. The molecule has 1 aromatic carbocycles. The Hall–Kier alpha value is -2.35. The summed E-state index contributed by atoms with van der Waals surface area (Å²) in [6.45, 7) is 3.83. The number of amides is 2. The van der Waals surface area contributed by atoms with Crippen LogP contribution in [0.1, 0.15) is 31.7 Å². The van der Waals surface area contributed by atoms with Gasteiger partial charge in [-0.1, -0.05) is 19.1 Å². The predicted molar refractivity (Wildman–Crippen MR) is 86.4 cm³/mol. The Morgan fingerprint density at radius 1 is 1.22 bits per heavy atom. The lowest BCUT2D eigenvalue weighted by atomic mass is 9.99. The number of para-hydroxylation sites is 1. The van der Waals surface area contributed by atoms with E-state index in [0.717, 1.165) is 25.9 Å². The Kier molecular flexibility index (Phi) is 4.33. The van der Waals surface area contributed by atoms with Crippen LogP contribution < -0.4 is 5.32 Å². The van der Waals surface area contributed by atoms with Crippen molar-refractivity contribution < 1.29 is 9.59 Å². The smallest absolute Gasteiger partial charge is 0.228 e. The number of nitriles is 1. The molecule has 1 N–H and O–H groups in total. The van der Waals surface area contributed by atoms with Crippen molar-refractivity contribution in [2.75, 3.05) is 18.4 Å². The predicted octanol–water partition coefficient (Wildman–Crippen LogP) is 2.39. The fourth-order valence-corrected chi connectivity index (χ4v) is 3.14. The summed E-state index contributed by atoms with van der Waals surface area (Å²) in [5.74, 6) is 0.202. The fraction of sp³-hybridized carbons (Fsp3) is 0.500. The summed E-state index contributed by atoms with van der Waals surface area (Å²) in [6, 6.07) is 8.97. The number of hydrogen-bond donors (Lipinski definition) is 1. The number of piperidine rings is 1. The molecular formula is C18H21N3O2. The first kappa shape index (κ1) is 15.5. The Labute approximate surface area is 136 Å². The average molecular weight is 311 g/mol. The van der Waals surface area contributed by atoms with Gasteiger partial charge in [0.15, 0.2) is 0 Å². The van der Waals surface area contributed by atoms with Gasteiger partial charge in [-0.2, -0.15) is 5.26 Å². The molecule has 1 aromatic rings. The number of rotatable bonds is 3. The molecule has 1 aliphatic heterocycles. The third kappa shape index (κ3) is 3.37. The van der Waals surface area contributed by atoms with E-state index in [1.165, 1.54) is 0 Å². The SMILES string of the molecule is CC1CCN(C(=O)C2CC2C(=O)Nc2ccccc2C#N)CC1. The molecule has 0 spiro atoms. The maximum Gasteiger partial charge on any atom is 0.228 e. The van der Waals surface area contributed by atoms with E-state index >= 15 is 0 Å². The number of hydrogen-bond acceptors (Lipinski definition) is 3. The van der Waals surface area contributed by atoms with Crippen LogP contribution in [0.15, 0.2) is 24.3 Å². The lowest BCUT2D eigenvalue weighted by molar-refractivity contribution is -0.135. The van der Waals surface area contributed by atoms with Gasteiger partial charge in [0.25, 0.3) is 0 Å². The zero-order valence-corrected chi connectivity index (χ0v) is 13.3. The normalized spacial score (nSPS) is 23.9. The van der Waals surface area contributed by atoms with Crippen LogP contribution in [-0.2, 0) is 9.59 Å². The van der Waals surface area contributed by atoms with Crippen LogP contribution in [0, 0.1) is 29.1 Å². The van der Waals surface area contributed by atoms with Gasteiger partial charge in [-0.05, 0) is 37.3 Å².